The van der Waals surface area contributed by atoms with Crippen LogP contribution in [0.4, 0.5) is 0 Å². The summed E-state index contributed by atoms with van der Waals surface area (Å²) in [6, 6.07) is 5.39. The molecule has 0 aromatic heterocycles. The van der Waals surface area contributed by atoms with Crippen LogP contribution in [0.25, 0.3) is 0 Å². The van der Waals surface area contributed by atoms with E-state index in [1.165, 1.54) is 0 Å². The summed E-state index contributed by atoms with van der Waals surface area (Å²) in [5.41, 5.74) is 0.260. The van der Waals surface area contributed by atoms with Crippen molar-refractivity contribution in [2.45, 2.75) is 18.1 Å². The van der Waals surface area contributed by atoms with Crippen molar-refractivity contribution in [3.8, 4) is 5.75 Å². The summed E-state index contributed by atoms with van der Waals surface area (Å²) in [5.74, 6) is 0.682. The van der Waals surface area contributed by atoms with Crippen molar-refractivity contribution in [1.82, 2.24) is 0 Å². The molecule has 0 saturated heterocycles. The largest absolute Gasteiger partial charge is 0.493 e. The summed E-state index contributed by atoms with van der Waals surface area (Å²) >= 11 is 5.96. The minimum absolute atomic E-state index is 0.0721. The van der Waals surface area contributed by atoms with E-state index in [0.29, 0.717) is 23.8 Å². The number of aliphatic hydroxyl groups is 1. The minimum atomic E-state index is -0.609. The fourth-order valence-electron chi connectivity index (χ4n) is 2.54. The predicted molar refractivity (Wildman–Crippen MR) is 68.1 cm³/mol. The minimum Gasteiger partial charge on any atom is -0.493 e. The number of rotatable bonds is 4. The van der Waals surface area contributed by atoms with Crippen LogP contribution in [-0.4, -0.2) is 38.8 Å². The van der Waals surface area contributed by atoms with Gasteiger partial charge in [-0.05, 0) is 18.6 Å². The molecule has 4 nitrogen and oxygen atoms in total. The molecule has 0 spiro atoms. The molecule has 0 fully saturated rings. The number of halogens is 1. The van der Waals surface area contributed by atoms with Gasteiger partial charge >= 0.3 is 0 Å². The molecule has 1 N–H and O–H groups in total. The topological polar surface area (TPSA) is 47.9 Å². The third kappa shape index (κ3) is 2.10. The number of benzene rings is 1. The summed E-state index contributed by atoms with van der Waals surface area (Å²) in [5, 5.41) is 10.4. The lowest BCUT2D eigenvalue weighted by atomic mass is 9.76. The molecule has 0 amide bonds. The second-order valence-corrected chi connectivity index (χ2v) is 4.79. The zero-order valence-corrected chi connectivity index (χ0v) is 11.2. The van der Waals surface area contributed by atoms with Crippen LogP contribution < -0.4 is 4.74 Å². The molecule has 1 aromatic rings. The highest BCUT2D eigenvalue weighted by atomic mass is 35.5. The molecule has 0 aliphatic carbocycles. The first-order valence-electron chi connectivity index (χ1n) is 5.77. The molecule has 1 unspecified atom stereocenters. The molecule has 0 saturated carbocycles. The van der Waals surface area contributed by atoms with E-state index in [0.717, 1.165) is 5.56 Å². The molecule has 1 aliphatic heterocycles. The zero-order chi connectivity index (χ0) is 13.2. The van der Waals surface area contributed by atoms with Gasteiger partial charge in [0.2, 0.25) is 0 Å². The Hall–Kier alpha value is -0.810. The molecule has 5 heteroatoms. The second kappa shape index (κ2) is 5.45. The summed E-state index contributed by atoms with van der Waals surface area (Å²) in [6.07, 6.45) is 0.108. The van der Waals surface area contributed by atoms with Crippen molar-refractivity contribution in [2.75, 3.05) is 27.4 Å². The van der Waals surface area contributed by atoms with Gasteiger partial charge in [0.1, 0.15) is 5.75 Å². The average Bonchev–Trinajstić information content (AvgIpc) is 2.39. The first-order chi connectivity index (χ1) is 8.67. The Morgan fingerprint density at radius 2 is 2.17 bits per heavy atom. The molecule has 1 aliphatic rings. The number of hydrogen-bond acceptors (Lipinski definition) is 4. The summed E-state index contributed by atoms with van der Waals surface area (Å²) < 4.78 is 16.3. The maximum atomic E-state index is 9.84. The molecule has 18 heavy (non-hydrogen) atoms. The van der Waals surface area contributed by atoms with Gasteiger partial charge in [-0.2, -0.15) is 0 Å². The highest BCUT2D eigenvalue weighted by molar-refractivity contribution is 6.30. The van der Waals surface area contributed by atoms with Gasteiger partial charge in [0.05, 0.1) is 18.6 Å². The Morgan fingerprint density at radius 3 is 2.78 bits per heavy atom. The fourth-order valence-corrected chi connectivity index (χ4v) is 2.70. The van der Waals surface area contributed by atoms with Crippen LogP contribution >= 0.6 is 11.6 Å². The standard InChI is InChI=1S/C13H17ClO4/c1-16-12(17-2)13(8-15)5-6-18-11-7-9(14)3-4-10(11)13/h3-4,7,12,15H,5-6,8H2,1-2H3. The van der Waals surface area contributed by atoms with E-state index in [2.05, 4.69) is 0 Å². The quantitative estimate of drug-likeness (QED) is 0.852. The molecule has 100 valence electrons. The second-order valence-electron chi connectivity index (χ2n) is 4.36. The number of methoxy groups -OCH3 is 2. The van der Waals surface area contributed by atoms with Crippen molar-refractivity contribution in [2.24, 2.45) is 0 Å². The highest BCUT2D eigenvalue weighted by Crippen LogP contribution is 2.43. The average molecular weight is 273 g/mol. The summed E-state index contributed by atoms with van der Waals surface area (Å²) in [4.78, 5) is 0. The van der Waals surface area contributed by atoms with E-state index < -0.39 is 11.7 Å². The molecule has 0 bridgehead atoms. The lowest BCUT2D eigenvalue weighted by molar-refractivity contribution is -0.167. The zero-order valence-electron chi connectivity index (χ0n) is 10.5. The van der Waals surface area contributed by atoms with Crippen LogP contribution in [-0.2, 0) is 14.9 Å². The van der Waals surface area contributed by atoms with Gasteiger partial charge < -0.3 is 19.3 Å². The van der Waals surface area contributed by atoms with E-state index >= 15 is 0 Å². The number of hydrogen-bond donors (Lipinski definition) is 1. The number of ether oxygens (including phenoxy) is 3. The molecule has 1 heterocycles. The van der Waals surface area contributed by atoms with E-state index in [1.54, 1.807) is 26.4 Å². The first kappa shape index (κ1) is 13.6. The molecular formula is C13H17ClO4. The van der Waals surface area contributed by atoms with E-state index in [9.17, 15) is 5.11 Å². The van der Waals surface area contributed by atoms with E-state index in [1.807, 2.05) is 6.07 Å². The third-order valence-corrected chi connectivity index (χ3v) is 3.68. The van der Waals surface area contributed by atoms with Gasteiger partial charge in [-0.1, -0.05) is 17.7 Å². The smallest absolute Gasteiger partial charge is 0.168 e. The monoisotopic (exact) mass is 272 g/mol. The SMILES string of the molecule is COC(OC)C1(CO)CCOc2cc(Cl)ccc21. The van der Waals surface area contributed by atoms with Gasteiger partial charge in [0.25, 0.3) is 0 Å². The maximum absolute atomic E-state index is 9.84. The van der Waals surface area contributed by atoms with E-state index in [-0.39, 0.29) is 6.61 Å². The Kier molecular flexibility index (Phi) is 4.12. The normalized spacial score (nSPS) is 22.7. The van der Waals surface area contributed by atoms with Gasteiger partial charge in [-0.3, -0.25) is 0 Å². The third-order valence-electron chi connectivity index (χ3n) is 3.45. The Morgan fingerprint density at radius 1 is 1.44 bits per heavy atom. The van der Waals surface area contributed by atoms with Gasteiger partial charge in [-0.25, -0.2) is 0 Å². The lowest BCUT2D eigenvalue weighted by Gasteiger charge is -2.41. The van der Waals surface area contributed by atoms with Gasteiger partial charge in [-0.15, -0.1) is 0 Å². The van der Waals surface area contributed by atoms with Crippen LogP contribution in [0.15, 0.2) is 18.2 Å². The van der Waals surface area contributed by atoms with Crippen LogP contribution in [0.2, 0.25) is 5.02 Å². The summed E-state index contributed by atoms with van der Waals surface area (Å²) in [6.45, 7) is 0.425. The van der Waals surface area contributed by atoms with Crippen molar-refractivity contribution in [3.05, 3.63) is 28.8 Å². The Balaban J connectivity index is 2.51. The van der Waals surface area contributed by atoms with Crippen molar-refractivity contribution >= 4 is 11.6 Å². The molecule has 2 rings (SSSR count). The molecule has 0 radical (unpaired) electrons. The highest BCUT2D eigenvalue weighted by Gasteiger charge is 2.45. The molecule has 1 aromatic carbocycles. The van der Waals surface area contributed by atoms with Gasteiger partial charge in [0.15, 0.2) is 6.29 Å². The Bertz CT molecular complexity index is 419. The molecular weight excluding hydrogens is 256 g/mol. The Labute approximate surface area is 111 Å². The molecule has 1 atom stereocenters. The first-order valence-corrected chi connectivity index (χ1v) is 6.15. The van der Waals surface area contributed by atoms with Crippen LogP contribution in [0.3, 0.4) is 0 Å². The van der Waals surface area contributed by atoms with Crippen molar-refractivity contribution < 1.29 is 19.3 Å². The van der Waals surface area contributed by atoms with Gasteiger partial charge in [0, 0.05) is 24.8 Å². The predicted octanol–water partition coefficient (Wildman–Crippen LogP) is 1.97. The van der Waals surface area contributed by atoms with Crippen molar-refractivity contribution in [3.63, 3.8) is 0 Å². The lowest BCUT2D eigenvalue weighted by Crippen LogP contribution is -2.48. The number of aliphatic hydroxyl groups excluding tert-OH is 1. The fraction of sp³-hybridized carbons (Fsp3) is 0.538. The number of fused-ring (bicyclic) bond motifs is 1. The van der Waals surface area contributed by atoms with E-state index in [4.69, 9.17) is 25.8 Å². The van der Waals surface area contributed by atoms with Crippen LogP contribution in [0, 0.1) is 0 Å². The van der Waals surface area contributed by atoms with Crippen molar-refractivity contribution in [1.29, 1.82) is 0 Å². The summed E-state index contributed by atoms with van der Waals surface area (Å²) in [7, 11) is 3.13. The van der Waals surface area contributed by atoms with Crippen LogP contribution in [0.1, 0.15) is 12.0 Å². The maximum Gasteiger partial charge on any atom is 0.168 e. The van der Waals surface area contributed by atoms with Crippen LogP contribution in [0.5, 0.6) is 5.75 Å².